The van der Waals surface area contributed by atoms with Crippen molar-refractivity contribution in [2.75, 3.05) is 5.32 Å². The summed E-state index contributed by atoms with van der Waals surface area (Å²) in [6, 6.07) is 15.3. The molecule has 0 atom stereocenters. The van der Waals surface area contributed by atoms with Gasteiger partial charge >= 0.3 is 5.69 Å². The molecule has 0 bridgehead atoms. The summed E-state index contributed by atoms with van der Waals surface area (Å²) in [6.07, 6.45) is 2.05. The standard InChI is InChI=1S/C21H22N4O2/c1-14-8-11-18(15(2)12-14)22-19(26)13-24-21(27)25(17-6-4-3-5-7-17)20(23-24)16-9-10-16/h3-8,11-12,16H,9-10,13H2,1-2H3,(H,22,26). The van der Waals surface area contributed by atoms with Gasteiger partial charge in [-0.1, -0.05) is 35.9 Å². The maximum absolute atomic E-state index is 12.9. The molecule has 0 aliphatic heterocycles. The largest absolute Gasteiger partial charge is 0.351 e. The van der Waals surface area contributed by atoms with Crippen LogP contribution in [0.25, 0.3) is 5.69 Å². The van der Waals surface area contributed by atoms with Crippen LogP contribution < -0.4 is 11.0 Å². The number of para-hydroxylation sites is 1. The average molecular weight is 362 g/mol. The number of amides is 1. The Morgan fingerprint density at radius 3 is 2.56 bits per heavy atom. The Bertz CT molecular complexity index is 1050. The van der Waals surface area contributed by atoms with Crippen LogP contribution in [0.3, 0.4) is 0 Å². The van der Waals surface area contributed by atoms with Crippen molar-refractivity contribution in [1.82, 2.24) is 14.3 Å². The van der Waals surface area contributed by atoms with Gasteiger partial charge in [-0.25, -0.2) is 14.0 Å². The summed E-state index contributed by atoms with van der Waals surface area (Å²) in [6.45, 7) is 3.85. The topological polar surface area (TPSA) is 68.9 Å². The van der Waals surface area contributed by atoms with Crippen molar-refractivity contribution in [2.24, 2.45) is 0 Å². The molecule has 0 saturated heterocycles. The summed E-state index contributed by atoms with van der Waals surface area (Å²) in [4.78, 5) is 25.4. The lowest BCUT2D eigenvalue weighted by Crippen LogP contribution is -2.29. The number of aryl methyl sites for hydroxylation is 2. The average Bonchev–Trinajstić information content (AvgIpc) is 3.44. The zero-order valence-electron chi connectivity index (χ0n) is 15.5. The van der Waals surface area contributed by atoms with Gasteiger partial charge in [0.25, 0.3) is 0 Å². The second-order valence-electron chi connectivity index (χ2n) is 7.11. The number of carbonyl (C=O) groups is 1. The lowest BCUT2D eigenvalue weighted by molar-refractivity contribution is -0.117. The quantitative estimate of drug-likeness (QED) is 0.758. The Labute approximate surface area is 157 Å². The van der Waals surface area contributed by atoms with Gasteiger partial charge < -0.3 is 5.32 Å². The van der Waals surface area contributed by atoms with Crippen LogP contribution >= 0.6 is 0 Å². The second-order valence-corrected chi connectivity index (χ2v) is 7.11. The van der Waals surface area contributed by atoms with Crippen LogP contribution in [0.15, 0.2) is 53.3 Å². The highest BCUT2D eigenvalue weighted by atomic mass is 16.2. The Morgan fingerprint density at radius 2 is 1.89 bits per heavy atom. The first-order chi connectivity index (χ1) is 13.0. The summed E-state index contributed by atoms with van der Waals surface area (Å²) in [5, 5.41) is 7.35. The highest BCUT2D eigenvalue weighted by Crippen LogP contribution is 2.39. The zero-order valence-corrected chi connectivity index (χ0v) is 15.5. The smallest absolute Gasteiger partial charge is 0.324 e. The Balaban J connectivity index is 1.61. The van der Waals surface area contributed by atoms with E-state index in [1.165, 1.54) is 4.68 Å². The molecule has 6 nitrogen and oxygen atoms in total. The number of aromatic nitrogens is 3. The molecule has 0 spiro atoms. The number of benzene rings is 2. The Kier molecular flexibility index (Phi) is 4.39. The highest BCUT2D eigenvalue weighted by molar-refractivity contribution is 5.91. The van der Waals surface area contributed by atoms with Crippen molar-refractivity contribution in [3.05, 3.63) is 76.0 Å². The van der Waals surface area contributed by atoms with Crippen LogP contribution in [0.2, 0.25) is 0 Å². The molecule has 6 heteroatoms. The van der Waals surface area contributed by atoms with Gasteiger partial charge in [-0.05, 0) is 50.5 Å². The molecule has 1 aliphatic carbocycles. The van der Waals surface area contributed by atoms with E-state index in [2.05, 4.69) is 10.4 Å². The number of nitrogens with zero attached hydrogens (tertiary/aromatic N) is 3. The third-order valence-corrected chi connectivity index (χ3v) is 4.77. The van der Waals surface area contributed by atoms with E-state index in [1.807, 2.05) is 62.4 Å². The summed E-state index contributed by atoms with van der Waals surface area (Å²) < 4.78 is 2.89. The van der Waals surface area contributed by atoms with E-state index in [1.54, 1.807) is 4.57 Å². The minimum absolute atomic E-state index is 0.105. The van der Waals surface area contributed by atoms with Crippen molar-refractivity contribution >= 4 is 11.6 Å². The second kappa shape index (κ2) is 6.87. The number of rotatable bonds is 5. The molecule has 1 heterocycles. The molecular weight excluding hydrogens is 340 g/mol. The molecule has 1 aromatic heterocycles. The van der Waals surface area contributed by atoms with E-state index in [9.17, 15) is 9.59 Å². The molecule has 27 heavy (non-hydrogen) atoms. The lowest BCUT2D eigenvalue weighted by atomic mass is 10.1. The van der Waals surface area contributed by atoms with Crippen LogP contribution in [-0.2, 0) is 11.3 Å². The summed E-state index contributed by atoms with van der Waals surface area (Å²) in [7, 11) is 0. The van der Waals surface area contributed by atoms with Gasteiger partial charge in [0.15, 0.2) is 0 Å². The van der Waals surface area contributed by atoms with Crippen molar-refractivity contribution in [2.45, 2.75) is 39.2 Å². The minimum atomic E-state index is -0.279. The molecule has 1 saturated carbocycles. The van der Waals surface area contributed by atoms with Crippen molar-refractivity contribution in [3.8, 4) is 5.69 Å². The molecule has 138 valence electrons. The van der Waals surface area contributed by atoms with E-state index in [-0.39, 0.29) is 18.1 Å². The van der Waals surface area contributed by atoms with Gasteiger partial charge in [0, 0.05) is 11.6 Å². The van der Waals surface area contributed by atoms with E-state index in [4.69, 9.17) is 0 Å². The van der Waals surface area contributed by atoms with E-state index >= 15 is 0 Å². The summed E-state index contributed by atoms with van der Waals surface area (Å²) in [5.74, 6) is 0.774. The number of nitrogens with one attached hydrogen (secondary N) is 1. The SMILES string of the molecule is Cc1ccc(NC(=O)Cn2nc(C3CC3)n(-c3ccccc3)c2=O)c(C)c1. The predicted molar refractivity (Wildman–Crippen MR) is 104 cm³/mol. The number of hydrogen-bond acceptors (Lipinski definition) is 3. The molecular formula is C21H22N4O2. The van der Waals surface area contributed by atoms with Gasteiger partial charge in [0.05, 0.1) is 5.69 Å². The first-order valence-corrected chi connectivity index (χ1v) is 9.15. The minimum Gasteiger partial charge on any atom is -0.324 e. The van der Waals surface area contributed by atoms with Gasteiger partial charge in [-0.2, -0.15) is 5.10 Å². The molecule has 1 fully saturated rings. The van der Waals surface area contributed by atoms with Crippen LogP contribution in [0.1, 0.15) is 35.7 Å². The van der Waals surface area contributed by atoms with E-state index < -0.39 is 0 Å². The van der Waals surface area contributed by atoms with E-state index in [0.717, 1.165) is 41.2 Å². The van der Waals surface area contributed by atoms with Gasteiger partial charge in [0.2, 0.25) is 5.91 Å². The number of anilines is 1. The first-order valence-electron chi connectivity index (χ1n) is 9.15. The maximum atomic E-state index is 12.9. The third-order valence-electron chi connectivity index (χ3n) is 4.77. The summed E-state index contributed by atoms with van der Waals surface area (Å²) in [5.41, 5.74) is 3.38. The first kappa shape index (κ1) is 17.3. The zero-order chi connectivity index (χ0) is 19.0. The monoisotopic (exact) mass is 362 g/mol. The van der Waals surface area contributed by atoms with Gasteiger partial charge in [0.1, 0.15) is 12.4 Å². The molecule has 1 aliphatic rings. The third kappa shape index (κ3) is 3.56. The molecule has 0 unspecified atom stereocenters. The molecule has 3 aromatic rings. The fraction of sp³-hybridized carbons (Fsp3) is 0.286. The predicted octanol–water partition coefficient (Wildman–Crippen LogP) is 3.17. The Morgan fingerprint density at radius 1 is 1.15 bits per heavy atom. The molecule has 4 rings (SSSR count). The number of hydrogen-bond donors (Lipinski definition) is 1. The van der Waals surface area contributed by atoms with Gasteiger partial charge in [-0.3, -0.25) is 4.79 Å². The van der Waals surface area contributed by atoms with Crippen LogP contribution in [0.4, 0.5) is 5.69 Å². The fourth-order valence-electron chi connectivity index (χ4n) is 3.23. The maximum Gasteiger partial charge on any atom is 0.351 e. The normalized spacial score (nSPS) is 13.6. The van der Waals surface area contributed by atoms with Crippen molar-refractivity contribution in [3.63, 3.8) is 0 Å². The summed E-state index contributed by atoms with van der Waals surface area (Å²) >= 11 is 0. The molecule has 1 N–H and O–H groups in total. The van der Waals surface area contributed by atoms with Crippen LogP contribution in [0.5, 0.6) is 0 Å². The Hall–Kier alpha value is -3.15. The van der Waals surface area contributed by atoms with Gasteiger partial charge in [-0.15, -0.1) is 0 Å². The number of carbonyl (C=O) groups excluding carboxylic acids is 1. The van der Waals surface area contributed by atoms with Crippen LogP contribution in [-0.4, -0.2) is 20.3 Å². The van der Waals surface area contributed by atoms with E-state index in [0.29, 0.717) is 5.92 Å². The fourth-order valence-corrected chi connectivity index (χ4v) is 3.23. The van der Waals surface area contributed by atoms with Crippen molar-refractivity contribution < 1.29 is 4.79 Å². The highest BCUT2D eigenvalue weighted by Gasteiger charge is 2.31. The molecule has 1 amide bonds. The van der Waals surface area contributed by atoms with Crippen molar-refractivity contribution in [1.29, 1.82) is 0 Å². The lowest BCUT2D eigenvalue weighted by Gasteiger charge is -2.08. The molecule has 2 aromatic carbocycles. The van der Waals surface area contributed by atoms with Crippen LogP contribution in [0, 0.1) is 13.8 Å². The molecule has 0 radical (unpaired) electrons.